The summed E-state index contributed by atoms with van der Waals surface area (Å²) in [5.74, 6) is 0.0567. The maximum Gasteiger partial charge on any atom is 0.312 e. The van der Waals surface area contributed by atoms with Crippen LogP contribution in [0.4, 0.5) is 0 Å². The first kappa shape index (κ1) is 10.0. The first-order chi connectivity index (χ1) is 6.60. The molecule has 2 aliphatic rings. The summed E-state index contributed by atoms with van der Waals surface area (Å²) in [4.78, 5) is 11.8. The second-order valence-corrected chi connectivity index (χ2v) is 5.19. The Balaban J connectivity index is 1.97. The normalized spacial score (nSPS) is 27.3. The molecule has 0 heterocycles. The van der Waals surface area contributed by atoms with E-state index in [1.165, 1.54) is 12.8 Å². The van der Waals surface area contributed by atoms with Gasteiger partial charge in [-0.1, -0.05) is 6.92 Å². The fraction of sp³-hybridized carbons (Fsp3) is 0.917. The fourth-order valence-electron chi connectivity index (χ4n) is 2.26. The molecule has 0 saturated heterocycles. The average Bonchev–Trinajstić information content (AvgIpc) is 2.78. The first-order valence-electron chi connectivity index (χ1n) is 5.84. The first-order valence-corrected chi connectivity index (χ1v) is 5.84. The Kier molecular flexibility index (Phi) is 2.32. The van der Waals surface area contributed by atoms with Gasteiger partial charge in [0.1, 0.15) is 5.60 Å². The van der Waals surface area contributed by atoms with E-state index in [9.17, 15) is 4.79 Å². The quantitative estimate of drug-likeness (QED) is 0.648. The molecule has 0 N–H and O–H groups in total. The molecule has 0 radical (unpaired) electrons. The van der Waals surface area contributed by atoms with E-state index in [0.717, 1.165) is 32.1 Å². The maximum atomic E-state index is 11.8. The molecule has 2 heteroatoms. The molecule has 0 aromatic rings. The minimum atomic E-state index is -0.120. The molecule has 0 spiro atoms. The zero-order valence-electron chi connectivity index (χ0n) is 9.27. The van der Waals surface area contributed by atoms with Crippen molar-refractivity contribution in [2.75, 3.05) is 0 Å². The van der Waals surface area contributed by atoms with E-state index >= 15 is 0 Å². The van der Waals surface area contributed by atoms with E-state index in [1.54, 1.807) is 0 Å². The van der Waals surface area contributed by atoms with Crippen LogP contribution in [0.3, 0.4) is 0 Å². The summed E-state index contributed by atoms with van der Waals surface area (Å²) in [6, 6.07) is 0. The summed E-state index contributed by atoms with van der Waals surface area (Å²) in [6.45, 7) is 4.15. The Bertz CT molecular complexity index is 235. The molecular formula is C12H20O2. The van der Waals surface area contributed by atoms with Crippen LogP contribution in [0.15, 0.2) is 0 Å². The molecule has 2 nitrogen and oxygen atoms in total. The van der Waals surface area contributed by atoms with Gasteiger partial charge in [0.15, 0.2) is 0 Å². The van der Waals surface area contributed by atoms with Gasteiger partial charge in [-0.25, -0.2) is 0 Å². The SMILES string of the molecule is CCC1(OC(=O)C2(C)CC2)CCCC1. The van der Waals surface area contributed by atoms with E-state index in [4.69, 9.17) is 4.74 Å². The largest absolute Gasteiger partial charge is 0.459 e. The third kappa shape index (κ3) is 1.67. The monoisotopic (exact) mass is 196 g/mol. The standard InChI is InChI=1S/C12H20O2/c1-3-12(6-4-5-7-12)14-10(13)11(2)8-9-11/h3-9H2,1-2H3. The molecule has 0 aromatic heterocycles. The fourth-order valence-corrected chi connectivity index (χ4v) is 2.26. The highest BCUT2D eigenvalue weighted by Gasteiger charge is 2.49. The van der Waals surface area contributed by atoms with E-state index in [1.807, 2.05) is 6.92 Å². The molecule has 0 bridgehead atoms. The van der Waals surface area contributed by atoms with Gasteiger partial charge in [-0.15, -0.1) is 0 Å². The molecule has 0 unspecified atom stereocenters. The highest BCUT2D eigenvalue weighted by Crippen LogP contribution is 2.48. The highest BCUT2D eigenvalue weighted by molar-refractivity contribution is 5.79. The summed E-state index contributed by atoms with van der Waals surface area (Å²) in [5, 5.41) is 0. The number of ether oxygens (including phenoxy) is 1. The van der Waals surface area contributed by atoms with Gasteiger partial charge in [-0.05, 0) is 51.9 Å². The lowest BCUT2D eigenvalue weighted by Gasteiger charge is -2.29. The second-order valence-electron chi connectivity index (χ2n) is 5.19. The molecule has 2 fully saturated rings. The Hall–Kier alpha value is -0.530. The Morgan fingerprint density at radius 3 is 2.21 bits per heavy atom. The molecule has 2 rings (SSSR count). The predicted molar refractivity (Wildman–Crippen MR) is 54.9 cm³/mol. The number of carbonyl (C=O) groups excluding carboxylic acids is 1. The summed E-state index contributed by atoms with van der Waals surface area (Å²) in [5.41, 5.74) is -0.215. The van der Waals surface area contributed by atoms with Gasteiger partial charge in [-0.2, -0.15) is 0 Å². The molecule has 0 amide bonds. The summed E-state index contributed by atoms with van der Waals surface area (Å²) in [7, 11) is 0. The van der Waals surface area contributed by atoms with Crippen molar-refractivity contribution >= 4 is 5.97 Å². The third-order valence-corrected chi connectivity index (χ3v) is 3.96. The van der Waals surface area contributed by atoms with Crippen LogP contribution in [-0.2, 0) is 9.53 Å². The zero-order valence-corrected chi connectivity index (χ0v) is 9.27. The minimum Gasteiger partial charge on any atom is -0.459 e. The van der Waals surface area contributed by atoms with Gasteiger partial charge < -0.3 is 4.74 Å². The topological polar surface area (TPSA) is 26.3 Å². The average molecular weight is 196 g/mol. The van der Waals surface area contributed by atoms with Crippen LogP contribution in [0.25, 0.3) is 0 Å². The minimum absolute atomic E-state index is 0.0567. The van der Waals surface area contributed by atoms with Crippen molar-refractivity contribution in [2.24, 2.45) is 5.41 Å². The van der Waals surface area contributed by atoms with Gasteiger partial charge in [0, 0.05) is 0 Å². The number of esters is 1. The van der Waals surface area contributed by atoms with Crippen molar-refractivity contribution in [3.05, 3.63) is 0 Å². The van der Waals surface area contributed by atoms with Gasteiger partial charge in [0.25, 0.3) is 0 Å². The van der Waals surface area contributed by atoms with Crippen LogP contribution in [0.5, 0.6) is 0 Å². The smallest absolute Gasteiger partial charge is 0.312 e. The lowest BCUT2D eigenvalue weighted by molar-refractivity contribution is -0.165. The van der Waals surface area contributed by atoms with Crippen LogP contribution in [0, 0.1) is 5.41 Å². The molecular weight excluding hydrogens is 176 g/mol. The lowest BCUT2D eigenvalue weighted by atomic mass is 9.98. The van der Waals surface area contributed by atoms with E-state index in [2.05, 4.69) is 6.92 Å². The molecule has 0 aromatic carbocycles. The molecule has 0 atom stereocenters. The second kappa shape index (κ2) is 3.25. The summed E-state index contributed by atoms with van der Waals surface area (Å²) in [6.07, 6.45) is 7.61. The van der Waals surface area contributed by atoms with Crippen molar-refractivity contribution in [2.45, 2.75) is 64.4 Å². The van der Waals surface area contributed by atoms with Gasteiger partial charge in [0.05, 0.1) is 5.41 Å². The molecule has 2 aliphatic carbocycles. The predicted octanol–water partition coefficient (Wildman–Crippen LogP) is 3.05. The Morgan fingerprint density at radius 1 is 1.21 bits per heavy atom. The van der Waals surface area contributed by atoms with Crippen molar-refractivity contribution in [1.82, 2.24) is 0 Å². The number of hydrogen-bond donors (Lipinski definition) is 0. The number of rotatable bonds is 3. The van der Waals surface area contributed by atoms with Crippen LogP contribution in [0.1, 0.15) is 58.8 Å². The molecule has 0 aliphatic heterocycles. The maximum absolute atomic E-state index is 11.8. The Morgan fingerprint density at radius 2 is 1.79 bits per heavy atom. The Labute approximate surface area is 86.0 Å². The third-order valence-electron chi connectivity index (χ3n) is 3.96. The number of hydrogen-bond acceptors (Lipinski definition) is 2. The van der Waals surface area contributed by atoms with Crippen molar-refractivity contribution in [3.63, 3.8) is 0 Å². The van der Waals surface area contributed by atoms with Gasteiger partial charge in [0.2, 0.25) is 0 Å². The lowest BCUT2D eigenvalue weighted by Crippen LogP contribution is -2.34. The van der Waals surface area contributed by atoms with Gasteiger partial charge >= 0.3 is 5.97 Å². The van der Waals surface area contributed by atoms with Crippen LogP contribution in [0.2, 0.25) is 0 Å². The summed E-state index contributed by atoms with van der Waals surface area (Å²) < 4.78 is 5.74. The molecule has 80 valence electrons. The van der Waals surface area contributed by atoms with Gasteiger partial charge in [-0.3, -0.25) is 4.79 Å². The van der Waals surface area contributed by atoms with Crippen molar-refractivity contribution < 1.29 is 9.53 Å². The molecule has 2 saturated carbocycles. The zero-order chi connectivity index (χ0) is 10.2. The van der Waals surface area contributed by atoms with Crippen molar-refractivity contribution in [1.29, 1.82) is 0 Å². The van der Waals surface area contributed by atoms with E-state index in [0.29, 0.717) is 0 Å². The van der Waals surface area contributed by atoms with Crippen LogP contribution >= 0.6 is 0 Å². The van der Waals surface area contributed by atoms with E-state index < -0.39 is 0 Å². The summed E-state index contributed by atoms with van der Waals surface area (Å²) >= 11 is 0. The number of carbonyl (C=O) groups is 1. The van der Waals surface area contributed by atoms with Crippen LogP contribution < -0.4 is 0 Å². The highest BCUT2D eigenvalue weighted by atomic mass is 16.6. The van der Waals surface area contributed by atoms with E-state index in [-0.39, 0.29) is 17.0 Å². The molecule has 14 heavy (non-hydrogen) atoms. The van der Waals surface area contributed by atoms with Crippen LogP contribution in [-0.4, -0.2) is 11.6 Å². The van der Waals surface area contributed by atoms with Crippen molar-refractivity contribution in [3.8, 4) is 0 Å².